The monoisotopic (exact) mass is 553 g/mol. The molecule has 0 saturated heterocycles. The first kappa shape index (κ1) is 31.6. The summed E-state index contributed by atoms with van der Waals surface area (Å²) in [6, 6.07) is 18.5. The lowest BCUT2D eigenvalue weighted by Crippen LogP contribution is -2.50. The number of aromatic nitrogens is 1. The highest BCUT2D eigenvalue weighted by Crippen LogP contribution is 2.30. The van der Waals surface area contributed by atoms with Crippen LogP contribution in [-0.4, -0.2) is 57.2 Å². The maximum Gasteiger partial charge on any atom is 0.310 e. The highest BCUT2D eigenvalue weighted by molar-refractivity contribution is 5.88. The summed E-state index contributed by atoms with van der Waals surface area (Å²) in [6.45, 7) is 7.86. The van der Waals surface area contributed by atoms with Gasteiger partial charge in [-0.2, -0.15) is 0 Å². The van der Waals surface area contributed by atoms with E-state index in [2.05, 4.69) is 28.8 Å². The summed E-state index contributed by atoms with van der Waals surface area (Å²) in [5, 5.41) is 21.9. The SMILES string of the molecule is Cn1c(-c2ccccc2)cc2ccc(OCCCC(O)C(O)CCCOC(=O)C(CC(C)(C)N)C(C)(C)N)cc21. The Hall–Kier alpha value is -2.91. The van der Waals surface area contributed by atoms with Gasteiger partial charge < -0.3 is 35.7 Å². The minimum absolute atomic E-state index is 0.150. The van der Waals surface area contributed by atoms with Crippen LogP contribution in [0, 0.1) is 5.92 Å². The molecular formula is C32H47N3O5. The van der Waals surface area contributed by atoms with Crippen LogP contribution in [0.5, 0.6) is 5.75 Å². The Balaban J connectivity index is 1.39. The molecule has 1 heterocycles. The van der Waals surface area contributed by atoms with E-state index in [-0.39, 0.29) is 12.6 Å². The number of hydrogen-bond acceptors (Lipinski definition) is 7. The van der Waals surface area contributed by atoms with Crippen molar-refractivity contribution < 1.29 is 24.5 Å². The third-order valence-electron chi connectivity index (χ3n) is 7.24. The maximum absolute atomic E-state index is 12.6. The molecule has 40 heavy (non-hydrogen) atoms. The van der Waals surface area contributed by atoms with Crippen LogP contribution in [0.1, 0.15) is 59.8 Å². The van der Waals surface area contributed by atoms with Gasteiger partial charge in [0.25, 0.3) is 0 Å². The lowest BCUT2D eigenvalue weighted by molar-refractivity contribution is -0.151. The summed E-state index contributed by atoms with van der Waals surface area (Å²) in [5.74, 6) is -0.151. The van der Waals surface area contributed by atoms with Gasteiger partial charge in [-0.05, 0) is 83.6 Å². The number of fused-ring (bicyclic) bond motifs is 1. The lowest BCUT2D eigenvalue weighted by atomic mass is 9.80. The first-order valence-electron chi connectivity index (χ1n) is 14.1. The van der Waals surface area contributed by atoms with E-state index >= 15 is 0 Å². The standard InChI is InChI=1S/C32H47N3O5/c1-31(2,33)21-25(32(3,4)34)30(38)40-18-10-14-29(37)28(36)13-9-17-39-24-16-15-23-19-26(35(5)27(23)20-24)22-11-7-6-8-12-22/h6-8,11-12,15-16,19-20,25,28-29,36-37H,9-10,13-14,17-18,21,33-34H2,1-5H3. The van der Waals surface area contributed by atoms with Crippen molar-refractivity contribution in [2.45, 2.75) is 83.1 Å². The van der Waals surface area contributed by atoms with Crippen LogP contribution in [0.15, 0.2) is 54.6 Å². The second-order valence-corrected chi connectivity index (χ2v) is 12.2. The van der Waals surface area contributed by atoms with E-state index in [1.165, 1.54) is 0 Å². The van der Waals surface area contributed by atoms with E-state index in [9.17, 15) is 15.0 Å². The second-order valence-electron chi connectivity index (χ2n) is 12.2. The van der Waals surface area contributed by atoms with Gasteiger partial charge >= 0.3 is 5.97 Å². The van der Waals surface area contributed by atoms with Crippen molar-refractivity contribution in [3.63, 3.8) is 0 Å². The van der Waals surface area contributed by atoms with Gasteiger partial charge in [0.2, 0.25) is 0 Å². The first-order chi connectivity index (χ1) is 18.8. The van der Waals surface area contributed by atoms with Gasteiger partial charge in [0, 0.05) is 35.3 Å². The number of aliphatic hydroxyl groups excluding tert-OH is 2. The van der Waals surface area contributed by atoms with Crippen molar-refractivity contribution in [3.8, 4) is 17.0 Å². The van der Waals surface area contributed by atoms with E-state index in [0.717, 1.165) is 27.9 Å². The molecule has 220 valence electrons. The number of hydrogen-bond donors (Lipinski definition) is 4. The molecule has 0 spiro atoms. The van der Waals surface area contributed by atoms with Crippen LogP contribution in [0.4, 0.5) is 0 Å². The fourth-order valence-electron chi connectivity index (χ4n) is 4.89. The fourth-order valence-corrected chi connectivity index (χ4v) is 4.89. The highest BCUT2D eigenvalue weighted by Gasteiger charge is 2.36. The van der Waals surface area contributed by atoms with Crippen molar-refractivity contribution in [3.05, 3.63) is 54.6 Å². The summed E-state index contributed by atoms with van der Waals surface area (Å²) in [7, 11) is 2.05. The molecule has 0 amide bonds. The smallest absolute Gasteiger partial charge is 0.310 e. The Morgan fingerprint density at radius 3 is 2.15 bits per heavy atom. The van der Waals surface area contributed by atoms with Crippen molar-refractivity contribution in [1.82, 2.24) is 4.57 Å². The van der Waals surface area contributed by atoms with Crippen LogP contribution in [0.3, 0.4) is 0 Å². The number of ether oxygens (including phenoxy) is 2. The zero-order valence-electron chi connectivity index (χ0n) is 24.6. The minimum Gasteiger partial charge on any atom is -0.494 e. The van der Waals surface area contributed by atoms with Crippen molar-refractivity contribution >= 4 is 16.9 Å². The highest BCUT2D eigenvalue weighted by atomic mass is 16.5. The molecule has 8 heteroatoms. The van der Waals surface area contributed by atoms with E-state index in [1.807, 2.05) is 51.2 Å². The van der Waals surface area contributed by atoms with Crippen LogP contribution in [0.2, 0.25) is 0 Å². The van der Waals surface area contributed by atoms with Gasteiger partial charge in [-0.25, -0.2) is 0 Å². The number of esters is 1. The van der Waals surface area contributed by atoms with Crippen LogP contribution in [0.25, 0.3) is 22.2 Å². The predicted molar refractivity (Wildman–Crippen MR) is 160 cm³/mol. The van der Waals surface area contributed by atoms with Crippen molar-refractivity contribution in [2.24, 2.45) is 24.4 Å². The molecular weight excluding hydrogens is 506 g/mol. The van der Waals surface area contributed by atoms with E-state index < -0.39 is 29.2 Å². The Morgan fingerprint density at radius 1 is 0.925 bits per heavy atom. The molecule has 8 nitrogen and oxygen atoms in total. The number of carbonyl (C=O) groups is 1. The fraction of sp³-hybridized carbons (Fsp3) is 0.531. The number of aryl methyl sites for hydroxylation is 1. The average Bonchev–Trinajstić information content (AvgIpc) is 3.22. The molecule has 0 aliphatic rings. The number of nitrogens with two attached hydrogens (primary N) is 2. The van der Waals surface area contributed by atoms with E-state index in [1.54, 1.807) is 13.8 Å². The van der Waals surface area contributed by atoms with Crippen LogP contribution in [-0.2, 0) is 16.6 Å². The molecule has 2 aromatic carbocycles. The van der Waals surface area contributed by atoms with E-state index in [4.69, 9.17) is 20.9 Å². The first-order valence-corrected chi connectivity index (χ1v) is 14.1. The van der Waals surface area contributed by atoms with E-state index in [0.29, 0.717) is 38.7 Å². The van der Waals surface area contributed by atoms with Crippen molar-refractivity contribution in [2.75, 3.05) is 13.2 Å². The Kier molecular flexibility index (Phi) is 10.8. The van der Waals surface area contributed by atoms with Gasteiger partial charge in [-0.15, -0.1) is 0 Å². The molecule has 3 atom stereocenters. The molecule has 3 unspecified atom stereocenters. The maximum atomic E-state index is 12.6. The largest absolute Gasteiger partial charge is 0.494 e. The molecule has 0 bridgehead atoms. The van der Waals surface area contributed by atoms with Gasteiger partial charge in [0.15, 0.2) is 0 Å². The van der Waals surface area contributed by atoms with Gasteiger partial charge in [-0.3, -0.25) is 4.79 Å². The number of nitrogens with zero attached hydrogens (tertiary/aromatic N) is 1. The topological polar surface area (TPSA) is 133 Å². The van der Waals surface area contributed by atoms with Crippen LogP contribution >= 0.6 is 0 Å². The Bertz CT molecular complexity index is 1230. The third-order valence-corrected chi connectivity index (χ3v) is 7.24. The average molecular weight is 554 g/mol. The zero-order chi connectivity index (χ0) is 29.5. The van der Waals surface area contributed by atoms with Gasteiger partial charge in [-0.1, -0.05) is 30.3 Å². The quantitative estimate of drug-likeness (QED) is 0.161. The summed E-state index contributed by atoms with van der Waals surface area (Å²) < 4.78 is 13.5. The van der Waals surface area contributed by atoms with Gasteiger partial charge in [0.05, 0.1) is 36.9 Å². The van der Waals surface area contributed by atoms with Gasteiger partial charge in [0.1, 0.15) is 5.75 Å². The molecule has 0 aliphatic carbocycles. The third kappa shape index (κ3) is 9.06. The molecule has 0 saturated carbocycles. The number of carbonyl (C=O) groups excluding carboxylic acids is 1. The minimum atomic E-state index is -0.903. The molecule has 3 aromatic rings. The summed E-state index contributed by atoms with van der Waals surface area (Å²) in [6.07, 6.45) is 0.383. The summed E-state index contributed by atoms with van der Waals surface area (Å²) in [4.78, 5) is 12.6. The molecule has 0 fully saturated rings. The summed E-state index contributed by atoms with van der Waals surface area (Å²) in [5.41, 5.74) is 14.4. The molecule has 0 aliphatic heterocycles. The molecule has 1 aromatic heterocycles. The normalized spacial score (nSPS) is 14.6. The molecule has 3 rings (SSSR count). The Morgan fingerprint density at radius 2 is 1.55 bits per heavy atom. The number of aliphatic hydroxyl groups is 2. The lowest BCUT2D eigenvalue weighted by Gasteiger charge is -2.33. The molecule has 0 radical (unpaired) electrons. The second kappa shape index (κ2) is 13.6. The summed E-state index contributed by atoms with van der Waals surface area (Å²) >= 11 is 0. The Labute approximate surface area is 238 Å². The number of rotatable bonds is 15. The van der Waals surface area contributed by atoms with Crippen molar-refractivity contribution in [1.29, 1.82) is 0 Å². The predicted octanol–water partition coefficient (Wildman–Crippen LogP) is 4.53. The molecule has 6 N–H and O–H groups in total. The number of benzene rings is 2. The van der Waals surface area contributed by atoms with Crippen LogP contribution < -0.4 is 16.2 Å². The zero-order valence-corrected chi connectivity index (χ0v) is 24.6.